The number of nitrogens with zero attached hydrogens (tertiary/aromatic N) is 4. The lowest BCUT2D eigenvalue weighted by Gasteiger charge is -1.99. The quantitative estimate of drug-likeness (QED) is 0.750. The highest BCUT2D eigenvalue weighted by atomic mass is 35.5. The van der Waals surface area contributed by atoms with Gasteiger partial charge in [0, 0.05) is 12.4 Å². The van der Waals surface area contributed by atoms with Gasteiger partial charge in [-0.25, -0.2) is 0 Å². The highest BCUT2D eigenvalue weighted by molar-refractivity contribution is 6.35. The van der Waals surface area contributed by atoms with Crippen LogP contribution in [0.25, 0.3) is 10.9 Å². The van der Waals surface area contributed by atoms with Crippen LogP contribution in [-0.2, 0) is 20.1 Å². The van der Waals surface area contributed by atoms with Crippen LogP contribution in [0.1, 0.15) is 11.6 Å². The third-order valence-corrected chi connectivity index (χ3v) is 3.42. The fourth-order valence-electron chi connectivity index (χ4n) is 2.18. The van der Waals surface area contributed by atoms with E-state index in [-0.39, 0.29) is 0 Å². The summed E-state index contributed by atoms with van der Waals surface area (Å²) in [5, 5.41) is 19.9. The number of benzene rings is 1. The average Bonchev–Trinajstić information content (AvgIpc) is 3.03. The predicted molar refractivity (Wildman–Crippen MR) is 80.1 cm³/mol. The molecule has 8 heteroatoms. The summed E-state index contributed by atoms with van der Waals surface area (Å²) in [4.78, 5) is 0. The summed E-state index contributed by atoms with van der Waals surface area (Å²) in [7, 11) is 3.71. The van der Waals surface area contributed by atoms with Gasteiger partial charge in [-0.15, -0.1) is 5.10 Å². The minimum Gasteiger partial charge on any atom is -0.407 e. The largest absolute Gasteiger partial charge is 0.407 e. The van der Waals surface area contributed by atoms with Gasteiger partial charge in [-0.2, -0.15) is 5.10 Å². The second-order valence-electron chi connectivity index (χ2n) is 4.59. The molecule has 21 heavy (non-hydrogen) atoms. The molecule has 0 saturated heterocycles. The zero-order chi connectivity index (χ0) is 14.8. The summed E-state index contributed by atoms with van der Waals surface area (Å²) in [6.07, 6.45) is 0. The van der Waals surface area contributed by atoms with Crippen molar-refractivity contribution in [2.45, 2.75) is 13.1 Å². The fraction of sp³-hybridized carbons (Fsp3) is 0.308. The lowest BCUT2D eigenvalue weighted by Crippen LogP contribution is -2.04. The Morgan fingerprint density at radius 2 is 2.14 bits per heavy atom. The van der Waals surface area contributed by atoms with Gasteiger partial charge in [0.05, 0.1) is 29.3 Å². The normalized spacial score (nSPS) is 11.2. The second-order valence-corrected chi connectivity index (χ2v) is 5.00. The first kappa shape index (κ1) is 13.8. The minimum absolute atomic E-state index is 0.367. The number of hydrogen-bond donors (Lipinski definition) is 2. The molecule has 0 spiro atoms. The molecular weight excluding hydrogens is 292 g/mol. The van der Waals surface area contributed by atoms with E-state index < -0.39 is 0 Å². The second kappa shape index (κ2) is 5.71. The van der Waals surface area contributed by atoms with Crippen molar-refractivity contribution in [3.63, 3.8) is 0 Å². The topological polar surface area (TPSA) is 80.8 Å². The van der Waals surface area contributed by atoms with E-state index in [9.17, 15) is 0 Å². The number of rotatable bonds is 5. The average molecular weight is 307 g/mol. The maximum Gasteiger partial charge on any atom is 0.315 e. The zero-order valence-electron chi connectivity index (χ0n) is 11.7. The molecule has 0 aliphatic rings. The van der Waals surface area contributed by atoms with Gasteiger partial charge in [-0.3, -0.25) is 4.68 Å². The number of hydrogen-bond acceptors (Lipinski definition) is 6. The summed E-state index contributed by atoms with van der Waals surface area (Å²) in [6, 6.07) is 6.11. The molecule has 0 amide bonds. The van der Waals surface area contributed by atoms with E-state index in [4.69, 9.17) is 16.0 Å². The summed E-state index contributed by atoms with van der Waals surface area (Å²) in [6.45, 7) is 0.995. The third kappa shape index (κ3) is 2.70. The first-order valence-electron chi connectivity index (χ1n) is 6.50. The number of nitrogens with one attached hydrogen (secondary N) is 2. The van der Waals surface area contributed by atoms with Crippen molar-refractivity contribution in [3.8, 4) is 0 Å². The van der Waals surface area contributed by atoms with Crippen LogP contribution in [0.3, 0.4) is 0 Å². The van der Waals surface area contributed by atoms with Gasteiger partial charge in [0.15, 0.2) is 0 Å². The van der Waals surface area contributed by atoms with Crippen molar-refractivity contribution in [3.05, 3.63) is 34.8 Å². The standard InChI is InChI=1S/C13H15ClN6O/c1-15-7-11-17-18-13(21-11)16-6-9-12-8(14)4-3-5-10(12)20(2)19-9/h3-5,15H,6-7H2,1-2H3,(H,16,18). The molecule has 0 bridgehead atoms. The molecule has 0 fully saturated rings. The fourth-order valence-corrected chi connectivity index (χ4v) is 2.46. The number of fused-ring (bicyclic) bond motifs is 1. The summed E-state index contributed by atoms with van der Waals surface area (Å²) < 4.78 is 7.24. The van der Waals surface area contributed by atoms with E-state index in [1.165, 1.54) is 0 Å². The van der Waals surface area contributed by atoms with Crippen LogP contribution in [0.4, 0.5) is 6.01 Å². The lowest BCUT2D eigenvalue weighted by atomic mass is 10.2. The van der Waals surface area contributed by atoms with Crippen LogP contribution in [0.2, 0.25) is 5.02 Å². The summed E-state index contributed by atoms with van der Waals surface area (Å²) in [5.74, 6) is 0.531. The van der Waals surface area contributed by atoms with Gasteiger partial charge < -0.3 is 15.1 Å². The Morgan fingerprint density at radius 3 is 2.95 bits per heavy atom. The molecule has 2 aromatic heterocycles. The lowest BCUT2D eigenvalue weighted by molar-refractivity contribution is 0.489. The molecule has 7 nitrogen and oxygen atoms in total. The maximum absolute atomic E-state index is 6.26. The molecule has 3 aromatic rings. The van der Waals surface area contributed by atoms with Crippen molar-refractivity contribution < 1.29 is 4.42 Å². The van der Waals surface area contributed by atoms with Crippen molar-refractivity contribution in [1.82, 2.24) is 25.3 Å². The van der Waals surface area contributed by atoms with Gasteiger partial charge in [0.2, 0.25) is 5.89 Å². The Bertz CT molecular complexity index is 765. The Morgan fingerprint density at radius 1 is 1.29 bits per heavy atom. The molecule has 0 aliphatic heterocycles. The van der Waals surface area contributed by atoms with Gasteiger partial charge in [0.25, 0.3) is 0 Å². The number of halogens is 1. The first-order valence-corrected chi connectivity index (χ1v) is 6.88. The molecule has 110 valence electrons. The van der Waals surface area contributed by atoms with Gasteiger partial charge in [-0.1, -0.05) is 22.8 Å². The van der Waals surface area contributed by atoms with Crippen molar-refractivity contribution in [1.29, 1.82) is 0 Å². The smallest absolute Gasteiger partial charge is 0.315 e. The maximum atomic E-state index is 6.26. The number of anilines is 1. The van der Waals surface area contributed by atoms with Crippen molar-refractivity contribution in [2.75, 3.05) is 12.4 Å². The summed E-state index contributed by atoms with van der Waals surface area (Å²) >= 11 is 6.26. The Balaban J connectivity index is 1.81. The highest BCUT2D eigenvalue weighted by Gasteiger charge is 2.12. The molecular formula is C13H15ClN6O. The van der Waals surface area contributed by atoms with Crippen molar-refractivity contribution >= 4 is 28.5 Å². The van der Waals surface area contributed by atoms with E-state index in [2.05, 4.69) is 25.9 Å². The van der Waals surface area contributed by atoms with Crippen LogP contribution in [0.5, 0.6) is 0 Å². The van der Waals surface area contributed by atoms with E-state index >= 15 is 0 Å². The van der Waals surface area contributed by atoms with Crippen LogP contribution < -0.4 is 10.6 Å². The first-order chi connectivity index (χ1) is 10.2. The highest BCUT2D eigenvalue weighted by Crippen LogP contribution is 2.26. The molecule has 2 heterocycles. The molecule has 1 aromatic carbocycles. The molecule has 3 rings (SSSR count). The van der Waals surface area contributed by atoms with E-state index in [1.54, 1.807) is 4.68 Å². The number of aromatic nitrogens is 4. The van der Waals surface area contributed by atoms with E-state index in [0.29, 0.717) is 30.0 Å². The van der Waals surface area contributed by atoms with Crippen LogP contribution >= 0.6 is 11.6 Å². The summed E-state index contributed by atoms with van der Waals surface area (Å²) in [5.41, 5.74) is 1.83. The van der Waals surface area contributed by atoms with E-state index in [1.807, 2.05) is 32.3 Å². The van der Waals surface area contributed by atoms with Crippen LogP contribution in [0.15, 0.2) is 22.6 Å². The molecule has 0 radical (unpaired) electrons. The van der Waals surface area contributed by atoms with Gasteiger partial charge >= 0.3 is 6.01 Å². The Hall–Kier alpha value is -2.12. The van der Waals surface area contributed by atoms with E-state index in [0.717, 1.165) is 16.6 Å². The monoisotopic (exact) mass is 306 g/mol. The molecule has 0 unspecified atom stereocenters. The number of aryl methyl sites for hydroxylation is 1. The minimum atomic E-state index is 0.367. The predicted octanol–water partition coefficient (Wildman–Crippen LogP) is 1.94. The molecule has 0 aliphatic carbocycles. The van der Waals surface area contributed by atoms with Gasteiger partial charge in [-0.05, 0) is 19.2 Å². The SMILES string of the molecule is CNCc1nnc(NCc2nn(C)c3cccc(Cl)c23)o1. The Kier molecular flexibility index (Phi) is 3.76. The van der Waals surface area contributed by atoms with Crippen LogP contribution in [-0.4, -0.2) is 27.0 Å². The van der Waals surface area contributed by atoms with Gasteiger partial charge in [0.1, 0.15) is 0 Å². The third-order valence-electron chi connectivity index (χ3n) is 3.10. The zero-order valence-corrected chi connectivity index (χ0v) is 12.5. The van der Waals surface area contributed by atoms with Crippen LogP contribution in [0, 0.1) is 0 Å². The van der Waals surface area contributed by atoms with Crippen molar-refractivity contribution in [2.24, 2.45) is 7.05 Å². The molecule has 0 atom stereocenters. The Labute approximate surface area is 126 Å². The molecule has 0 saturated carbocycles. The molecule has 2 N–H and O–H groups in total.